The Morgan fingerprint density at radius 2 is 0.630 bits per heavy atom. The van der Waals surface area contributed by atoms with Crippen LogP contribution in [0.25, 0.3) is 44.1 Å². The molecule has 92 heavy (non-hydrogen) atoms. The third-order valence-electron chi connectivity index (χ3n) is 14.8. The maximum atomic E-state index is 12.4. The van der Waals surface area contributed by atoms with Crippen LogP contribution in [0.4, 0.5) is 0 Å². The van der Waals surface area contributed by atoms with E-state index in [0.717, 1.165) is 102 Å². The first-order valence-corrected chi connectivity index (χ1v) is 34.5. The molecule has 0 aliphatic heterocycles. The Hall–Kier alpha value is -9.24. The minimum Gasteiger partial charge on any atom is -0.308 e. The maximum absolute atomic E-state index is 12.4. The van der Waals surface area contributed by atoms with Crippen LogP contribution in [0, 0.1) is 0 Å². The third-order valence-corrected chi connectivity index (χ3v) is 17.5. The molecule has 480 valence electrons. The molecule has 24 nitrogen and oxygen atoms in total. The number of rotatable bonds is 18. The van der Waals surface area contributed by atoms with Gasteiger partial charge in [0, 0.05) is 75.2 Å². The summed E-state index contributed by atoms with van der Waals surface area (Å²) in [6, 6.07) is 32.4. The molecule has 0 saturated carbocycles. The zero-order valence-corrected chi connectivity index (χ0v) is 55.2. The van der Waals surface area contributed by atoms with Gasteiger partial charge in [-0.15, -0.1) is 0 Å². The molecule has 0 bridgehead atoms. The molecule has 0 saturated heterocycles. The smallest absolute Gasteiger partial charge is 0.277 e. The summed E-state index contributed by atoms with van der Waals surface area (Å²) < 4.78 is 51.9. The minimum absolute atomic E-state index is 0.0168. The number of benzene rings is 4. The fourth-order valence-corrected chi connectivity index (χ4v) is 12.3. The average molecular weight is 1330 g/mol. The van der Waals surface area contributed by atoms with Crippen LogP contribution in [-0.4, -0.2) is 95.8 Å². The predicted octanol–water partition coefficient (Wildman–Crippen LogP) is 8.65. The molecule has 0 amide bonds. The van der Waals surface area contributed by atoms with Crippen molar-refractivity contribution in [3.05, 3.63) is 219 Å². The second kappa shape index (κ2) is 29.4. The van der Waals surface area contributed by atoms with Gasteiger partial charge < -0.3 is 19.9 Å². The molecule has 0 unspecified atom stereocenters. The van der Waals surface area contributed by atoms with Crippen molar-refractivity contribution in [3.8, 4) is 0 Å². The number of hydrogen-bond donors (Lipinski definition) is 4. The number of fused-ring (bicyclic) bond motifs is 4. The van der Waals surface area contributed by atoms with Crippen LogP contribution in [0.2, 0.25) is 0 Å². The lowest BCUT2D eigenvalue weighted by Crippen LogP contribution is -2.14. The zero-order chi connectivity index (χ0) is 66.0. The van der Waals surface area contributed by atoms with Crippen LogP contribution < -0.4 is 22.2 Å². The average Bonchev–Trinajstić information content (AvgIpc) is 1.70. The van der Waals surface area contributed by atoms with E-state index < -0.39 is 18.1 Å². The van der Waals surface area contributed by atoms with Gasteiger partial charge in [-0.25, -0.2) is 36.8 Å². The SMILES string of the molecule is CCCc1nn(C)c2c(=O)[nH]c(Cc3ccc(S(=O)(=O)Cl)cc3)nc12.CCCc1nn(C)c2c(=O)[nH]c(Cc3cccc(S(=O)(=O)Cl)c3)nc12.CCCc1nn(C)c2c(=O)[nH]c(Cc3ccccc3)nc12.CCCc1nn(C)c2c(=O)[nH]c(Cc3ccccc3)nc12. The molecule has 12 aromatic rings. The van der Waals surface area contributed by atoms with Crippen LogP contribution in [0.15, 0.2) is 138 Å². The highest BCUT2D eigenvalue weighted by molar-refractivity contribution is 8.14. The number of hydrogen-bond acceptors (Lipinski definition) is 16. The molecule has 4 N–H and O–H groups in total. The van der Waals surface area contributed by atoms with E-state index in [-0.39, 0.29) is 38.4 Å². The van der Waals surface area contributed by atoms with Gasteiger partial charge in [0.1, 0.15) is 45.4 Å². The number of aryl methyl sites for hydroxylation is 8. The molecular weight excluding hydrogens is 1260 g/mol. The van der Waals surface area contributed by atoms with Crippen molar-refractivity contribution in [2.45, 2.75) is 115 Å². The van der Waals surface area contributed by atoms with E-state index in [9.17, 15) is 36.0 Å². The molecule has 4 aromatic carbocycles. The van der Waals surface area contributed by atoms with Gasteiger partial charge >= 0.3 is 0 Å². The van der Waals surface area contributed by atoms with Crippen molar-refractivity contribution in [3.63, 3.8) is 0 Å². The van der Waals surface area contributed by atoms with Gasteiger partial charge in [0.25, 0.3) is 40.3 Å². The molecule has 0 atom stereocenters. The minimum atomic E-state index is -3.80. The first kappa shape index (κ1) is 67.2. The van der Waals surface area contributed by atoms with E-state index in [2.05, 4.69) is 74.1 Å². The molecule has 12 rings (SSSR count). The standard InChI is InChI=1S/2C16H17ClN4O3S.2C16H18N4O/c1-3-5-12-14-15(21(2)20-12)16(22)19-13(18-14)9-10-6-4-7-11(8-10)25(17,23)24;1-3-4-12-14-15(21(2)20-12)16(22)19-13(18-14)9-10-5-7-11(8-6-10)25(17,23)24;2*1-3-7-12-14-15(20(2)19-12)16(21)18-13(17-14)10-11-8-5-4-6-9-11/h4,6-8H,3,5,9H2,1-2H3,(H,18,19,22);5-8H,3-4,9H2,1-2H3,(H,18,19,22);2*4-6,8-9H,3,7,10H2,1-2H3,(H,17,18,21). The predicted molar refractivity (Wildman–Crippen MR) is 356 cm³/mol. The Morgan fingerprint density at radius 1 is 0.359 bits per heavy atom. The number of nitrogens with one attached hydrogen (secondary N) is 4. The van der Waals surface area contributed by atoms with Crippen molar-refractivity contribution >= 4 is 83.6 Å². The molecule has 8 aromatic heterocycles. The summed E-state index contributed by atoms with van der Waals surface area (Å²) in [7, 11) is 10.2. The lowest BCUT2D eigenvalue weighted by Gasteiger charge is -2.04. The van der Waals surface area contributed by atoms with Crippen LogP contribution in [0.3, 0.4) is 0 Å². The quantitative estimate of drug-likeness (QED) is 0.0584. The third kappa shape index (κ3) is 16.1. The number of aromatic nitrogens is 16. The zero-order valence-electron chi connectivity index (χ0n) is 52.1. The molecule has 0 aliphatic carbocycles. The fourth-order valence-electron chi connectivity index (χ4n) is 10.7. The number of H-pyrrole nitrogens is 4. The lowest BCUT2D eigenvalue weighted by atomic mass is 10.1. The second-order valence-corrected chi connectivity index (χ2v) is 27.1. The van der Waals surface area contributed by atoms with Crippen molar-refractivity contribution in [2.75, 3.05) is 0 Å². The van der Waals surface area contributed by atoms with E-state index in [1.165, 1.54) is 28.9 Å². The Morgan fingerprint density at radius 3 is 0.913 bits per heavy atom. The van der Waals surface area contributed by atoms with E-state index in [1.54, 1.807) is 66.5 Å². The van der Waals surface area contributed by atoms with Gasteiger partial charge in [0.05, 0.1) is 32.6 Å². The van der Waals surface area contributed by atoms with Crippen LogP contribution in [0.1, 0.15) is 122 Å². The van der Waals surface area contributed by atoms with Gasteiger partial charge in [-0.1, -0.05) is 138 Å². The van der Waals surface area contributed by atoms with Crippen LogP contribution >= 0.6 is 21.4 Å². The van der Waals surface area contributed by atoms with Gasteiger partial charge in [-0.05, 0) is 72.2 Å². The highest BCUT2D eigenvalue weighted by Crippen LogP contribution is 2.22. The monoisotopic (exact) mass is 1320 g/mol. The normalized spacial score (nSPS) is 11.6. The van der Waals surface area contributed by atoms with Crippen molar-refractivity contribution in [1.82, 2.24) is 79.0 Å². The van der Waals surface area contributed by atoms with E-state index in [4.69, 9.17) is 21.4 Å². The van der Waals surface area contributed by atoms with Gasteiger partial charge in [-0.2, -0.15) is 20.4 Å². The molecule has 0 spiro atoms. The summed E-state index contributed by atoms with van der Waals surface area (Å²) in [4.78, 5) is 78.9. The lowest BCUT2D eigenvalue weighted by molar-refractivity contribution is 0.608. The first-order valence-electron chi connectivity index (χ1n) is 29.9. The summed E-state index contributed by atoms with van der Waals surface area (Å²) in [6.07, 6.45) is 8.79. The van der Waals surface area contributed by atoms with Crippen LogP contribution in [-0.2, 0) is 97.7 Å². The van der Waals surface area contributed by atoms with Crippen LogP contribution in [0.5, 0.6) is 0 Å². The van der Waals surface area contributed by atoms with E-state index in [0.29, 0.717) is 81.2 Å². The van der Waals surface area contributed by atoms with Crippen molar-refractivity contribution < 1.29 is 16.8 Å². The van der Waals surface area contributed by atoms with Crippen molar-refractivity contribution in [1.29, 1.82) is 0 Å². The van der Waals surface area contributed by atoms with E-state index in [1.807, 2.05) is 74.5 Å². The Bertz CT molecular complexity index is 4960. The molecule has 8 heterocycles. The van der Waals surface area contributed by atoms with Crippen molar-refractivity contribution in [2.24, 2.45) is 28.2 Å². The molecule has 28 heteroatoms. The number of nitrogens with zero attached hydrogens (tertiary/aromatic N) is 12. The van der Waals surface area contributed by atoms with Gasteiger partial charge in [0.2, 0.25) is 0 Å². The Labute approximate surface area is 538 Å². The Kier molecular flexibility index (Phi) is 21.4. The topological polar surface area (TPSA) is 323 Å². The maximum Gasteiger partial charge on any atom is 0.277 e. The fraction of sp³-hybridized carbons (Fsp3) is 0.312. The summed E-state index contributed by atoms with van der Waals surface area (Å²) in [5, 5.41) is 17.6. The summed E-state index contributed by atoms with van der Waals surface area (Å²) in [5.74, 6) is 2.32. The summed E-state index contributed by atoms with van der Waals surface area (Å²) >= 11 is 0. The first-order chi connectivity index (χ1) is 44.0. The molecule has 0 fully saturated rings. The van der Waals surface area contributed by atoms with Gasteiger partial charge in [-0.3, -0.25) is 37.9 Å². The molecule has 0 aliphatic rings. The highest BCUT2D eigenvalue weighted by Gasteiger charge is 2.20. The number of aromatic amines is 4. The summed E-state index contributed by atoms with van der Waals surface area (Å²) in [5.41, 5.74) is 11.0. The molecule has 0 radical (unpaired) electrons. The number of halogens is 2. The summed E-state index contributed by atoms with van der Waals surface area (Å²) in [6.45, 7) is 8.27. The largest absolute Gasteiger partial charge is 0.308 e. The second-order valence-electron chi connectivity index (χ2n) is 22.0. The van der Waals surface area contributed by atoms with Gasteiger partial charge in [0.15, 0.2) is 22.1 Å². The molecular formula is C64H70Cl2N16O8S2. The Balaban J connectivity index is 0.000000145. The van der Waals surface area contributed by atoms with E-state index >= 15 is 0 Å². The highest BCUT2D eigenvalue weighted by atomic mass is 35.7.